The number of halogens is 3. The van der Waals surface area contributed by atoms with E-state index in [1.165, 1.54) is 30.0 Å². The lowest BCUT2D eigenvalue weighted by atomic mass is 10.0. The third-order valence-electron chi connectivity index (χ3n) is 5.53. The van der Waals surface area contributed by atoms with Crippen LogP contribution in [0.15, 0.2) is 52.1 Å². The van der Waals surface area contributed by atoms with Crippen LogP contribution in [0.1, 0.15) is 12.0 Å². The van der Waals surface area contributed by atoms with E-state index in [1.807, 2.05) is 6.92 Å². The molecule has 0 bridgehead atoms. The van der Waals surface area contributed by atoms with Gasteiger partial charge in [0.1, 0.15) is 17.1 Å². The Morgan fingerprint density at radius 1 is 1.16 bits per heavy atom. The molecule has 3 heterocycles. The number of thioether (sulfide) groups is 1. The van der Waals surface area contributed by atoms with Gasteiger partial charge in [-0.05, 0) is 37.1 Å². The number of rotatable bonds is 4. The zero-order valence-corrected chi connectivity index (χ0v) is 20.6. The number of aliphatic carboxylic acids is 2. The lowest BCUT2D eigenvalue weighted by Crippen LogP contribution is -2.68. The molecule has 1 aromatic carbocycles. The predicted octanol–water partition coefficient (Wildman–Crippen LogP) is 1.06. The van der Waals surface area contributed by atoms with Crippen LogP contribution in [-0.2, 0) is 29.2 Å². The molecule has 0 radical (unpaired) electrons. The smallest absolute Gasteiger partial charge is 0.477 e. The van der Waals surface area contributed by atoms with E-state index in [9.17, 15) is 41.1 Å². The van der Waals surface area contributed by atoms with E-state index in [0.717, 1.165) is 14.8 Å². The molecule has 2 fully saturated rings. The normalized spacial score (nSPS) is 22.9. The Bertz CT molecular complexity index is 1320. The second kappa shape index (κ2) is 10.2. The first-order valence-corrected chi connectivity index (χ1v) is 12.9. The standard InChI is InChI=1S/C19H19N3O6S2.C2HF3O2/c1-10-2-4-13(5-3-10)30(27,28)21-7-6-11(16(21)23)8-12-9-29-18-14(20)17(24)22(18)15(12)19(25)26;3-2(4,5)1(6)7/h2-5,8,14,18H,6-7,9,20H2,1H3,(H,25,26);(H,6,7)/t14-,18-;/m1./s1. The molecule has 16 heteroatoms. The lowest BCUT2D eigenvalue weighted by molar-refractivity contribution is -0.192. The van der Waals surface area contributed by atoms with E-state index in [0.29, 0.717) is 5.57 Å². The molecule has 0 spiro atoms. The van der Waals surface area contributed by atoms with Gasteiger partial charge in [-0.3, -0.25) is 14.5 Å². The average Bonchev–Trinajstić information content (AvgIpc) is 3.18. The van der Waals surface area contributed by atoms with E-state index in [2.05, 4.69) is 0 Å². The molecule has 3 aliphatic heterocycles. The summed E-state index contributed by atoms with van der Waals surface area (Å²) in [6, 6.07) is 5.45. The van der Waals surface area contributed by atoms with Crippen LogP contribution >= 0.6 is 11.8 Å². The summed E-state index contributed by atoms with van der Waals surface area (Å²) in [5, 5.41) is 16.3. The number of hydrogen-bond donors (Lipinski definition) is 3. The summed E-state index contributed by atoms with van der Waals surface area (Å²) in [5.74, 6) is -4.96. The fourth-order valence-electron chi connectivity index (χ4n) is 3.65. The van der Waals surface area contributed by atoms with Gasteiger partial charge in [-0.1, -0.05) is 17.7 Å². The molecule has 2 saturated heterocycles. The molecule has 1 aromatic rings. The minimum absolute atomic E-state index is 0.0179. The molecule has 0 unspecified atom stereocenters. The fourth-order valence-corrected chi connectivity index (χ4v) is 6.31. The van der Waals surface area contributed by atoms with Crippen LogP contribution in [0.5, 0.6) is 0 Å². The molecule has 2 atom stereocenters. The van der Waals surface area contributed by atoms with Gasteiger partial charge >= 0.3 is 18.1 Å². The number of nitrogens with two attached hydrogens (primary N) is 1. The second-order valence-electron chi connectivity index (χ2n) is 8.03. The van der Waals surface area contributed by atoms with Gasteiger partial charge in [0.2, 0.25) is 5.91 Å². The molecule has 4 rings (SSSR count). The predicted molar refractivity (Wildman–Crippen MR) is 122 cm³/mol. The zero-order valence-electron chi connectivity index (χ0n) is 18.9. The summed E-state index contributed by atoms with van der Waals surface area (Å²) >= 11 is 1.31. The number of nitrogens with zero attached hydrogens (tertiary/aromatic N) is 2. The second-order valence-corrected chi connectivity index (χ2v) is 11.0. The highest BCUT2D eigenvalue weighted by Crippen LogP contribution is 2.40. The maximum atomic E-state index is 12.9. The van der Waals surface area contributed by atoms with Gasteiger partial charge < -0.3 is 15.9 Å². The summed E-state index contributed by atoms with van der Waals surface area (Å²) in [6.45, 7) is 1.80. The van der Waals surface area contributed by atoms with E-state index < -0.39 is 51.4 Å². The fraction of sp³-hybridized carbons (Fsp3) is 0.333. The van der Waals surface area contributed by atoms with E-state index in [4.69, 9.17) is 15.6 Å². The molecular weight excluding hydrogens is 543 g/mol. The highest BCUT2D eigenvalue weighted by Gasteiger charge is 2.51. The van der Waals surface area contributed by atoms with Crippen molar-refractivity contribution in [2.75, 3.05) is 12.3 Å². The number of carboxylic acids is 2. The van der Waals surface area contributed by atoms with Crippen LogP contribution in [0.25, 0.3) is 0 Å². The monoisotopic (exact) mass is 563 g/mol. The van der Waals surface area contributed by atoms with Crippen molar-refractivity contribution < 1.29 is 51.0 Å². The summed E-state index contributed by atoms with van der Waals surface area (Å²) in [7, 11) is -4.01. The Hall–Kier alpha value is -3.37. The Labute approximate surface area is 212 Å². The minimum Gasteiger partial charge on any atom is -0.477 e. The van der Waals surface area contributed by atoms with E-state index in [-0.39, 0.29) is 34.9 Å². The SMILES string of the molecule is Cc1ccc(S(=O)(=O)N2CCC(=CC3=C(C(=O)O)N4C(=O)[C@@H](N)[C@H]4SC3)C2=O)cc1.O=C(O)C(F)(F)F. The quantitative estimate of drug-likeness (QED) is 0.355. The number of carbonyl (C=O) groups excluding carboxylic acids is 2. The van der Waals surface area contributed by atoms with Crippen molar-refractivity contribution in [1.82, 2.24) is 9.21 Å². The highest BCUT2D eigenvalue weighted by molar-refractivity contribution is 8.00. The molecule has 11 nitrogen and oxygen atoms in total. The van der Waals surface area contributed by atoms with Crippen molar-refractivity contribution >= 4 is 45.5 Å². The number of alkyl halides is 3. The Kier molecular flexibility index (Phi) is 7.76. The first kappa shape index (κ1) is 28.2. The number of aryl methyl sites for hydroxylation is 1. The van der Waals surface area contributed by atoms with Crippen molar-refractivity contribution in [3.8, 4) is 0 Å². The topological polar surface area (TPSA) is 175 Å². The maximum absolute atomic E-state index is 12.9. The Morgan fingerprint density at radius 2 is 1.73 bits per heavy atom. The number of allylic oxidation sites excluding steroid dienone is 1. The highest BCUT2D eigenvalue weighted by atomic mass is 32.2. The van der Waals surface area contributed by atoms with Gasteiger partial charge in [0.15, 0.2) is 0 Å². The Balaban J connectivity index is 0.000000479. The van der Waals surface area contributed by atoms with Crippen molar-refractivity contribution in [3.63, 3.8) is 0 Å². The van der Waals surface area contributed by atoms with Crippen molar-refractivity contribution in [2.45, 2.75) is 35.8 Å². The Morgan fingerprint density at radius 3 is 2.24 bits per heavy atom. The molecule has 200 valence electrons. The summed E-state index contributed by atoms with van der Waals surface area (Å²) in [6.07, 6.45) is -3.53. The van der Waals surface area contributed by atoms with Crippen LogP contribution in [0.3, 0.4) is 0 Å². The first-order valence-electron chi connectivity index (χ1n) is 10.4. The molecule has 0 aliphatic carbocycles. The largest absolute Gasteiger partial charge is 0.490 e. The van der Waals surface area contributed by atoms with Gasteiger partial charge in [-0.15, -0.1) is 11.8 Å². The number of fused-ring (bicyclic) bond motifs is 1. The van der Waals surface area contributed by atoms with Crippen LogP contribution in [0.2, 0.25) is 0 Å². The van der Waals surface area contributed by atoms with Gasteiger partial charge in [0.25, 0.3) is 15.9 Å². The molecule has 4 N–H and O–H groups in total. The van der Waals surface area contributed by atoms with Gasteiger partial charge in [-0.2, -0.15) is 13.2 Å². The van der Waals surface area contributed by atoms with E-state index in [1.54, 1.807) is 12.1 Å². The van der Waals surface area contributed by atoms with Crippen LogP contribution in [-0.4, -0.2) is 81.5 Å². The minimum atomic E-state index is -5.08. The molecule has 2 amide bonds. The molecule has 37 heavy (non-hydrogen) atoms. The molecule has 0 saturated carbocycles. The van der Waals surface area contributed by atoms with Gasteiger partial charge in [0, 0.05) is 17.9 Å². The number of hydrogen-bond acceptors (Lipinski definition) is 8. The average molecular weight is 564 g/mol. The summed E-state index contributed by atoms with van der Waals surface area (Å²) < 4.78 is 58.2. The van der Waals surface area contributed by atoms with Crippen LogP contribution in [0, 0.1) is 6.92 Å². The molecular formula is C21H20F3N3O8S2. The number of carboxylic acid groups (broad SMARTS) is 2. The number of carbonyl (C=O) groups is 4. The third-order valence-corrected chi connectivity index (χ3v) is 8.65. The van der Waals surface area contributed by atoms with Crippen molar-refractivity contribution in [3.05, 3.63) is 52.7 Å². The summed E-state index contributed by atoms with van der Waals surface area (Å²) in [4.78, 5) is 46.7. The van der Waals surface area contributed by atoms with Crippen LogP contribution < -0.4 is 5.73 Å². The maximum Gasteiger partial charge on any atom is 0.490 e. The number of benzene rings is 1. The van der Waals surface area contributed by atoms with Crippen molar-refractivity contribution in [1.29, 1.82) is 0 Å². The van der Waals surface area contributed by atoms with Gasteiger partial charge in [-0.25, -0.2) is 22.3 Å². The zero-order chi connectivity index (χ0) is 27.9. The number of sulfonamides is 1. The van der Waals surface area contributed by atoms with Crippen molar-refractivity contribution in [2.24, 2.45) is 5.73 Å². The molecule has 0 aromatic heterocycles. The lowest BCUT2D eigenvalue weighted by Gasteiger charge is -2.47. The van der Waals surface area contributed by atoms with Gasteiger partial charge in [0.05, 0.1) is 4.90 Å². The number of β-lactam (4-membered cyclic amide) rings is 1. The van der Waals surface area contributed by atoms with E-state index >= 15 is 0 Å². The third kappa shape index (κ3) is 5.50. The summed E-state index contributed by atoms with van der Waals surface area (Å²) in [5.41, 5.74) is 6.90. The number of amides is 2. The van der Waals surface area contributed by atoms with Crippen LogP contribution in [0.4, 0.5) is 13.2 Å². The first-order chi connectivity index (χ1) is 17.1. The molecule has 3 aliphatic rings.